The number of carbonyl (C=O) groups is 3. The van der Waals surface area contributed by atoms with Crippen molar-refractivity contribution in [2.45, 2.75) is 18.3 Å². The normalized spacial score (nSPS) is 18.0. The van der Waals surface area contributed by atoms with Gasteiger partial charge in [-0.1, -0.05) is 47.7 Å². The topological polar surface area (TPSA) is 75.7 Å². The highest BCUT2D eigenvalue weighted by Crippen LogP contribution is 2.49. The number of thioether (sulfide) groups is 1. The van der Waals surface area contributed by atoms with Crippen LogP contribution in [-0.4, -0.2) is 52.5 Å². The highest BCUT2D eigenvalue weighted by atomic mass is 35.5. The van der Waals surface area contributed by atoms with Gasteiger partial charge in [0.25, 0.3) is 5.91 Å². The molecule has 9 heteroatoms. The molecule has 1 saturated carbocycles. The van der Waals surface area contributed by atoms with E-state index in [9.17, 15) is 14.4 Å². The molecule has 0 unspecified atom stereocenters. The van der Waals surface area contributed by atoms with Crippen LogP contribution in [0.2, 0.25) is 5.02 Å². The Kier molecular flexibility index (Phi) is 5.84. The Bertz CT molecular complexity index is 734. The standard InChI is InChI=1S/C17H17ClN2O4S2/c18-12-3-1-11(2-4-12)17(5-6-17)15(23)24-9-13(21)19-7-8-20-14(22)10-26-16(20)25/h1-4H,5-10H2,(H,19,21). The second kappa shape index (κ2) is 7.94. The van der Waals surface area contributed by atoms with Crippen molar-refractivity contribution in [1.82, 2.24) is 10.2 Å². The van der Waals surface area contributed by atoms with Crippen molar-refractivity contribution >= 4 is 57.7 Å². The third-order valence-corrected chi connectivity index (χ3v) is 6.05. The molecule has 1 aliphatic heterocycles. The van der Waals surface area contributed by atoms with Gasteiger partial charge in [-0.2, -0.15) is 0 Å². The summed E-state index contributed by atoms with van der Waals surface area (Å²) in [5.74, 6) is -0.519. The number of hydrogen-bond acceptors (Lipinski definition) is 6. The third-order valence-electron chi connectivity index (χ3n) is 4.37. The lowest BCUT2D eigenvalue weighted by Crippen LogP contribution is -2.39. The molecular weight excluding hydrogens is 396 g/mol. The van der Waals surface area contributed by atoms with Gasteiger partial charge >= 0.3 is 5.97 Å². The number of hydrogen-bond donors (Lipinski definition) is 1. The largest absolute Gasteiger partial charge is 0.455 e. The SMILES string of the molecule is O=C(COC(=O)C1(c2ccc(Cl)cc2)CC1)NCCN1C(=O)CSC1=S. The number of esters is 1. The molecule has 2 fully saturated rings. The Morgan fingerprint density at radius 3 is 2.58 bits per heavy atom. The number of rotatable bonds is 7. The zero-order valence-corrected chi connectivity index (χ0v) is 16.2. The van der Waals surface area contributed by atoms with E-state index in [0.717, 1.165) is 5.56 Å². The zero-order valence-electron chi connectivity index (χ0n) is 13.8. The summed E-state index contributed by atoms with van der Waals surface area (Å²) in [5.41, 5.74) is 0.196. The smallest absolute Gasteiger partial charge is 0.317 e. The molecule has 1 aromatic carbocycles. The molecule has 26 heavy (non-hydrogen) atoms. The van der Waals surface area contributed by atoms with Gasteiger partial charge in [0.05, 0.1) is 11.2 Å². The van der Waals surface area contributed by atoms with Gasteiger partial charge in [0.2, 0.25) is 5.91 Å². The lowest BCUT2D eigenvalue weighted by molar-refractivity contribution is -0.151. The van der Waals surface area contributed by atoms with Crippen molar-refractivity contribution in [3.05, 3.63) is 34.9 Å². The average Bonchev–Trinajstić information content (AvgIpc) is 3.37. The molecule has 138 valence electrons. The van der Waals surface area contributed by atoms with E-state index in [1.807, 2.05) is 12.1 Å². The van der Waals surface area contributed by atoms with Crippen molar-refractivity contribution in [2.75, 3.05) is 25.4 Å². The van der Waals surface area contributed by atoms with E-state index in [1.54, 1.807) is 12.1 Å². The van der Waals surface area contributed by atoms with Crippen molar-refractivity contribution in [1.29, 1.82) is 0 Å². The summed E-state index contributed by atoms with van der Waals surface area (Å²) in [5, 5.41) is 3.23. The molecule has 1 aromatic rings. The van der Waals surface area contributed by atoms with Crippen molar-refractivity contribution in [3.63, 3.8) is 0 Å². The van der Waals surface area contributed by atoms with Crippen LogP contribution in [0.15, 0.2) is 24.3 Å². The lowest BCUT2D eigenvalue weighted by Gasteiger charge is -2.16. The van der Waals surface area contributed by atoms with Crippen LogP contribution in [0.1, 0.15) is 18.4 Å². The summed E-state index contributed by atoms with van der Waals surface area (Å²) >= 11 is 12.2. The Morgan fingerprint density at radius 2 is 2.00 bits per heavy atom. The molecule has 2 aliphatic rings. The number of ether oxygens (including phenoxy) is 1. The number of nitrogens with one attached hydrogen (secondary N) is 1. The van der Waals surface area contributed by atoms with E-state index < -0.39 is 17.3 Å². The Morgan fingerprint density at radius 1 is 1.31 bits per heavy atom. The van der Waals surface area contributed by atoms with Gasteiger partial charge in [0, 0.05) is 18.1 Å². The van der Waals surface area contributed by atoms with Gasteiger partial charge in [0.15, 0.2) is 6.61 Å². The van der Waals surface area contributed by atoms with Gasteiger partial charge in [-0.3, -0.25) is 19.3 Å². The molecule has 1 heterocycles. The molecule has 0 radical (unpaired) electrons. The summed E-state index contributed by atoms with van der Waals surface area (Å²) in [4.78, 5) is 37.3. The van der Waals surface area contributed by atoms with Crippen LogP contribution in [0.25, 0.3) is 0 Å². The van der Waals surface area contributed by atoms with Gasteiger partial charge in [-0.15, -0.1) is 0 Å². The van der Waals surface area contributed by atoms with Crippen LogP contribution in [0, 0.1) is 0 Å². The van der Waals surface area contributed by atoms with E-state index in [2.05, 4.69) is 5.32 Å². The minimum absolute atomic E-state index is 0.0562. The molecule has 0 spiro atoms. The van der Waals surface area contributed by atoms with Crippen LogP contribution in [0.5, 0.6) is 0 Å². The van der Waals surface area contributed by atoms with Gasteiger partial charge < -0.3 is 10.1 Å². The molecule has 3 rings (SSSR count). The summed E-state index contributed by atoms with van der Waals surface area (Å²) < 4.78 is 5.71. The van der Waals surface area contributed by atoms with Gasteiger partial charge in [0.1, 0.15) is 4.32 Å². The first kappa shape index (κ1) is 19.1. The first-order valence-electron chi connectivity index (χ1n) is 8.09. The van der Waals surface area contributed by atoms with E-state index in [4.69, 9.17) is 28.6 Å². The van der Waals surface area contributed by atoms with E-state index >= 15 is 0 Å². The van der Waals surface area contributed by atoms with E-state index in [1.165, 1.54) is 16.7 Å². The summed E-state index contributed by atoms with van der Waals surface area (Å²) in [6, 6.07) is 7.09. The van der Waals surface area contributed by atoms with Crippen molar-refractivity contribution in [2.24, 2.45) is 0 Å². The van der Waals surface area contributed by atoms with Gasteiger partial charge in [-0.25, -0.2) is 0 Å². The van der Waals surface area contributed by atoms with Crippen LogP contribution in [0.3, 0.4) is 0 Å². The predicted molar refractivity (Wildman–Crippen MR) is 103 cm³/mol. The number of halogens is 1. The summed E-state index contributed by atoms with van der Waals surface area (Å²) in [6.45, 7) is 0.228. The zero-order chi connectivity index (χ0) is 18.7. The minimum Gasteiger partial charge on any atom is -0.455 e. The lowest BCUT2D eigenvalue weighted by atomic mass is 9.96. The molecule has 6 nitrogen and oxygen atoms in total. The number of amides is 2. The summed E-state index contributed by atoms with van der Waals surface area (Å²) in [6.07, 6.45) is 1.39. The predicted octanol–water partition coefficient (Wildman–Crippen LogP) is 1.89. The highest BCUT2D eigenvalue weighted by Gasteiger charge is 2.52. The second-order valence-corrected chi connectivity index (χ2v) is 8.16. The van der Waals surface area contributed by atoms with E-state index in [-0.39, 0.29) is 19.1 Å². The average molecular weight is 413 g/mol. The Labute approximate surface area is 165 Å². The highest BCUT2D eigenvalue weighted by molar-refractivity contribution is 8.23. The molecular formula is C17H17ClN2O4S2. The van der Waals surface area contributed by atoms with Crippen LogP contribution >= 0.6 is 35.6 Å². The maximum Gasteiger partial charge on any atom is 0.317 e. The molecule has 0 atom stereocenters. The maximum absolute atomic E-state index is 12.4. The van der Waals surface area contributed by atoms with Crippen LogP contribution in [-0.2, 0) is 24.5 Å². The minimum atomic E-state index is -0.656. The third kappa shape index (κ3) is 4.19. The number of nitrogens with zero attached hydrogens (tertiary/aromatic N) is 1. The monoisotopic (exact) mass is 412 g/mol. The van der Waals surface area contributed by atoms with Crippen LogP contribution < -0.4 is 5.32 Å². The first-order chi connectivity index (χ1) is 12.4. The fourth-order valence-electron chi connectivity index (χ4n) is 2.73. The van der Waals surface area contributed by atoms with E-state index in [0.29, 0.717) is 34.5 Å². The molecule has 1 N–H and O–H groups in total. The molecule has 1 aliphatic carbocycles. The number of benzene rings is 1. The van der Waals surface area contributed by atoms with Gasteiger partial charge in [-0.05, 0) is 30.5 Å². The van der Waals surface area contributed by atoms with Crippen molar-refractivity contribution < 1.29 is 19.1 Å². The molecule has 0 aromatic heterocycles. The fourth-order valence-corrected chi connectivity index (χ4v) is 3.98. The first-order valence-corrected chi connectivity index (χ1v) is 9.87. The number of thiocarbonyl (C=S) groups is 1. The Hall–Kier alpha value is -1.64. The quantitative estimate of drug-likeness (QED) is 0.544. The fraction of sp³-hybridized carbons (Fsp3) is 0.412. The number of carbonyl (C=O) groups excluding carboxylic acids is 3. The Balaban J connectivity index is 1.43. The summed E-state index contributed by atoms with van der Waals surface area (Å²) in [7, 11) is 0. The van der Waals surface area contributed by atoms with Crippen LogP contribution in [0.4, 0.5) is 0 Å². The maximum atomic E-state index is 12.4. The second-order valence-electron chi connectivity index (χ2n) is 6.12. The molecule has 2 amide bonds. The van der Waals surface area contributed by atoms with Crippen molar-refractivity contribution in [3.8, 4) is 0 Å². The molecule has 0 bridgehead atoms. The molecule has 1 saturated heterocycles.